The van der Waals surface area contributed by atoms with Crippen LogP contribution in [-0.2, 0) is 11.2 Å². The van der Waals surface area contributed by atoms with Crippen LogP contribution in [0.3, 0.4) is 0 Å². The van der Waals surface area contributed by atoms with Crippen molar-refractivity contribution in [1.82, 2.24) is 4.90 Å². The third-order valence-electron chi connectivity index (χ3n) is 4.42. The quantitative estimate of drug-likeness (QED) is 0.873. The molecule has 0 amide bonds. The third kappa shape index (κ3) is 5.16. The van der Waals surface area contributed by atoms with Crippen LogP contribution < -0.4 is 0 Å². The van der Waals surface area contributed by atoms with Crippen molar-refractivity contribution >= 4 is 5.97 Å². The Kier molecular flexibility index (Phi) is 5.80. The van der Waals surface area contributed by atoms with Gasteiger partial charge in [0.2, 0.25) is 0 Å². The van der Waals surface area contributed by atoms with Gasteiger partial charge in [0.15, 0.2) is 0 Å². The number of nitrogens with zero attached hydrogens (tertiary/aromatic N) is 1. The van der Waals surface area contributed by atoms with Crippen molar-refractivity contribution in [1.29, 1.82) is 0 Å². The van der Waals surface area contributed by atoms with Gasteiger partial charge in [-0.2, -0.15) is 0 Å². The SMILES string of the molecule is CC(CCc1ccccc1)CN1CC(C)CC(C(=O)O)C1. The summed E-state index contributed by atoms with van der Waals surface area (Å²) < 4.78 is 0. The molecule has 1 aromatic carbocycles. The monoisotopic (exact) mass is 289 g/mol. The van der Waals surface area contributed by atoms with E-state index in [0.717, 1.165) is 38.9 Å². The number of carboxylic acid groups (broad SMARTS) is 1. The molecule has 1 aliphatic heterocycles. The summed E-state index contributed by atoms with van der Waals surface area (Å²) in [5, 5.41) is 9.23. The van der Waals surface area contributed by atoms with Gasteiger partial charge in [0.05, 0.1) is 5.92 Å². The second kappa shape index (κ2) is 7.60. The average Bonchev–Trinajstić information content (AvgIpc) is 2.45. The zero-order chi connectivity index (χ0) is 15.2. The highest BCUT2D eigenvalue weighted by Crippen LogP contribution is 2.23. The van der Waals surface area contributed by atoms with Crippen LogP contribution in [0.15, 0.2) is 30.3 Å². The first-order chi connectivity index (χ1) is 10.0. The maximum Gasteiger partial charge on any atom is 0.307 e. The fraction of sp³-hybridized carbons (Fsp3) is 0.611. The lowest BCUT2D eigenvalue weighted by Gasteiger charge is -2.36. The van der Waals surface area contributed by atoms with E-state index < -0.39 is 5.97 Å². The normalized spacial score (nSPS) is 24.7. The van der Waals surface area contributed by atoms with Gasteiger partial charge in [-0.25, -0.2) is 0 Å². The van der Waals surface area contributed by atoms with Gasteiger partial charge in [0.1, 0.15) is 0 Å². The molecule has 0 saturated carbocycles. The van der Waals surface area contributed by atoms with Crippen molar-refractivity contribution in [3.8, 4) is 0 Å². The van der Waals surface area contributed by atoms with Crippen LogP contribution in [0, 0.1) is 17.8 Å². The van der Waals surface area contributed by atoms with Crippen molar-refractivity contribution in [3.05, 3.63) is 35.9 Å². The van der Waals surface area contributed by atoms with Gasteiger partial charge < -0.3 is 10.0 Å². The minimum absolute atomic E-state index is 0.185. The molecule has 0 radical (unpaired) electrons. The van der Waals surface area contributed by atoms with Gasteiger partial charge in [-0.05, 0) is 36.7 Å². The van der Waals surface area contributed by atoms with Gasteiger partial charge in [0.25, 0.3) is 0 Å². The molecule has 3 atom stereocenters. The maximum atomic E-state index is 11.2. The molecular formula is C18H27NO2. The second-order valence-corrected chi connectivity index (χ2v) is 6.72. The first kappa shape index (κ1) is 16.0. The smallest absolute Gasteiger partial charge is 0.307 e. The summed E-state index contributed by atoms with van der Waals surface area (Å²) in [5.41, 5.74) is 1.39. The largest absolute Gasteiger partial charge is 0.481 e. The van der Waals surface area contributed by atoms with Crippen LogP contribution in [0.2, 0.25) is 0 Å². The summed E-state index contributed by atoms with van der Waals surface area (Å²) in [6.07, 6.45) is 3.09. The minimum atomic E-state index is -0.636. The fourth-order valence-corrected chi connectivity index (χ4v) is 3.38. The zero-order valence-corrected chi connectivity index (χ0v) is 13.2. The minimum Gasteiger partial charge on any atom is -0.481 e. The zero-order valence-electron chi connectivity index (χ0n) is 13.2. The number of carboxylic acids is 1. The van der Waals surface area contributed by atoms with Gasteiger partial charge in [-0.1, -0.05) is 44.2 Å². The van der Waals surface area contributed by atoms with Gasteiger partial charge in [-0.3, -0.25) is 4.79 Å². The number of likely N-dealkylation sites (tertiary alicyclic amines) is 1. The average molecular weight is 289 g/mol. The standard InChI is InChI=1S/C18H27NO2/c1-14(8-9-16-6-4-3-5-7-16)11-19-12-15(2)10-17(13-19)18(20)21/h3-7,14-15,17H,8-13H2,1-2H3,(H,20,21). The van der Waals surface area contributed by atoms with E-state index in [1.807, 2.05) is 6.07 Å². The summed E-state index contributed by atoms with van der Waals surface area (Å²) in [6, 6.07) is 10.6. The number of aliphatic carboxylic acids is 1. The predicted molar refractivity (Wildman–Crippen MR) is 85.3 cm³/mol. The predicted octanol–water partition coefficient (Wildman–Crippen LogP) is 3.30. The van der Waals surface area contributed by atoms with E-state index in [1.165, 1.54) is 5.56 Å². The third-order valence-corrected chi connectivity index (χ3v) is 4.42. The lowest BCUT2D eigenvalue weighted by atomic mass is 9.89. The number of rotatable bonds is 6. The molecule has 0 bridgehead atoms. The highest BCUT2D eigenvalue weighted by atomic mass is 16.4. The second-order valence-electron chi connectivity index (χ2n) is 6.72. The Labute approximate surface area is 128 Å². The summed E-state index contributed by atoms with van der Waals surface area (Å²) in [7, 11) is 0. The molecule has 1 aromatic rings. The lowest BCUT2D eigenvalue weighted by Crippen LogP contribution is -2.44. The molecule has 116 valence electrons. The van der Waals surface area contributed by atoms with Crippen LogP contribution in [0.5, 0.6) is 0 Å². The number of aryl methyl sites for hydroxylation is 1. The van der Waals surface area contributed by atoms with Gasteiger partial charge in [0, 0.05) is 19.6 Å². The summed E-state index contributed by atoms with van der Waals surface area (Å²) in [4.78, 5) is 13.6. The van der Waals surface area contributed by atoms with Crippen LogP contribution in [0.1, 0.15) is 32.3 Å². The Bertz CT molecular complexity index is 446. The molecule has 21 heavy (non-hydrogen) atoms. The summed E-state index contributed by atoms with van der Waals surface area (Å²) in [6.45, 7) is 7.21. The van der Waals surface area contributed by atoms with Gasteiger partial charge >= 0.3 is 5.97 Å². The highest BCUT2D eigenvalue weighted by Gasteiger charge is 2.29. The van der Waals surface area contributed by atoms with E-state index >= 15 is 0 Å². The van der Waals surface area contributed by atoms with Crippen molar-refractivity contribution < 1.29 is 9.90 Å². The summed E-state index contributed by atoms with van der Waals surface area (Å²) in [5.74, 6) is 0.268. The molecule has 3 heteroatoms. The molecule has 0 spiro atoms. The molecule has 2 rings (SSSR count). The molecule has 3 unspecified atom stereocenters. The Hall–Kier alpha value is -1.35. The number of benzene rings is 1. The van der Waals surface area contributed by atoms with E-state index in [9.17, 15) is 9.90 Å². The van der Waals surface area contributed by atoms with Crippen LogP contribution >= 0.6 is 0 Å². The first-order valence-corrected chi connectivity index (χ1v) is 8.03. The van der Waals surface area contributed by atoms with E-state index in [4.69, 9.17) is 0 Å². The van der Waals surface area contributed by atoms with Crippen LogP contribution in [0.4, 0.5) is 0 Å². The molecule has 0 aromatic heterocycles. The molecule has 0 aliphatic carbocycles. The van der Waals surface area contributed by atoms with Crippen molar-refractivity contribution in [2.45, 2.75) is 33.1 Å². The Morgan fingerprint density at radius 3 is 2.71 bits per heavy atom. The van der Waals surface area contributed by atoms with E-state index in [-0.39, 0.29) is 5.92 Å². The number of hydrogen-bond donors (Lipinski definition) is 1. The first-order valence-electron chi connectivity index (χ1n) is 8.03. The number of hydrogen-bond acceptors (Lipinski definition) is 2. The van der Waals surface area contributed by atoms with Crippen molar-refractivity contribution in [2.24, 2.45) is 17.8 Å². The Balaban J connectivity index is 1.79. The van der Waals surface area contributed by atoms with E-state index in [0.29, 0.717) is 11.8 Å². The molecular weight excluding hydrogens is 262 g/mol. The number of piperidine rings is 1. The fourth-order valence-electron chi connectivity index (χ4n) is 3.38. The van der Waals surface area contributed by atoms with Gasteiger partial charge in [-0.15, -0.1) is 0 Å². The molecule has 1 heterocycles. The number of carbonyl (C=O) groups is 1. The van der Waals surface area contributed by atoms with E-state index in [2.05, 4.69) is 43.0 Å². The molecule has 1 N–H and O–H groups in total. The molecule has 1 fully saturated rings. The molecule has 1 aliphatic rings. The lowest BCUT2D eigenvalue weighted by molar-refractivity contribution is -0.144. The molecule has 3 nitrogen and oxygen atoms in total. The summed E-state index contributed by atoms with van der Waals surface area (Å²) >= 11 is 0. The van der Waals surface area contributed by atoms with Crippen LogP contribution in [-0.4, -0.2) is 35.6 Å². The van der Waals surface area contributed by atoms with Crippen LogP contribution in [0.25, 0.3) is 0 Å². The maximum absolute atomic E-state index is 11.2. The van der Waals surface area contributed by atoms with Crippen molar-refractivity contribution in [2.75, 3.05) is 19.6 Å². The van der Waals surface area contributed by atoms with E-state index in [1.54, 1.807) is 0 Å². The molecule has 1 saturated heterocycles. The Morgan fingerprint density at radius 1 is 1.33 bits per heavy atom. The van der Waals surface area contributed by atoms with Crippen molar-refractivity contribution in [3.63, 3.8) is 0 Å². The Morgan fingerprint density at radius 2 is 2.05 bits per heavy atom. The topological polar surface area (TPSA) is 40.5 Å². The highest BCUT2D eigenvalue weighted by molar-refractivity contribution is 5.70.